The van der Waals surface area contributed by atoms with E-state index in [1.165, 1.54) is 25.7 Å². The molecule has 21 heavy (non-hydrogen) atoms. The first-order valence-corrected chi connectivity index (χ1v) is 7.68. The molecule has 3 rings (SSSR count). The van der Waals surface area contributed by atoms with Crippen LogP contribution in [0.3, 0.4) is 0 Å². The van der Waals surface area contributed by atoms with Crippen molar-refractivity contribution in [1.82, 2.24) is 9.97 Å². The Morgan fingerprint density at radius 1 is 1.19 bits per heavy atom. The Bertz CT molecular complexity index is 560. The van der Waals surface area contributed by atoms with Crippen molar-refractivity contribution in [3.63, 3.8) is 0 Å². The van der Waals surface area contributed by atoms with Gasteiger partial charge in [0.1, 0.15) is 23.2 Å². The highest BCUT2D eigenvalue weighted by Gasteiger charge is 2.13. The van der Waals surface area contributed by atoms with Crippen LogP contribution in [0.15, 0.2) is 28.9 Å². The van der Waals surface area contributed by atoms with E-state index in [1.54, 1.807) is 6.26 Å². The van der Waals surface area contributed by atoms with Crippen LogP contribution in [0, 0.1) is 6.92 Å². The van der Waals surface area contributed by atoms with E-state index in [1.807, 2.05) is 25.1 Å². The number of hydrogen-bond acceptors (Lipinski definition) is 5. The molecule has 2 aromatic rings. The van der Waals surface area contributed by atoms with Gasteiger partial charge in [0.15, 0.2) is 0 Å². The fourth-order valence-corrected chi connectivity index (χ4v) is 2.70. The lowest BCUT2D eigenvalue weighted by molar-refractivity contribution is 0.517. The topological polar surface area (TPSA) is 54.2 Å². The molecule has 2 aromatic heterocycles. The Labute approximate surface area is 125 Å². The number of rotatable bonds is 4. The SMILES string of the molecule is Cc1nc(NCc2ccco2)cc(N2CCCCCC2)n1. The van der Waals surface area contributed by atoms with Crippen molar-refractivity contribution in [2.45, 2.75) is 39.2 Å². The van der Waals surface area contributed by atoms with E-state index >= 15 is 0 Å². The summed E-state index contributed by atoms with van der Waals surface area (Å²) in [5.74, 6) is 3.60. The van der Waals surface area contributed by atoms with Gasteiger partial charge in [0.2, 0.25) is 0 Å². The Balaban J connectivity index is 1.72. The van der Waals surface area contributed by atoms with Crippen molar-refractivity contribution in [2.24, 2.45) is 0 Å². The summed E-state index contributed by atoms with van der Waals surface area (Å²) in [6.07, 6.45) is 6.83. The molecule has 5 heteroatoms. The Morgan fingerprint density at radius 3 is 2.71 bits per heavy atom. The van der Waals surface area contributed by atoms with Crippen molar-refractivity contribution in [3.8, 4) is 0 Å². The van der Waals surface area contributed by atoms with Gasteiger partial charge in [0.25, 0.3) is 0 Å². The molecule has 5 nitrogen and oxygen atoms in total. The number of nitrogens with zero attached hydrogens (tertiary/aromatic N) is 3. The molecule has 1 aliphatic heterocycles. The molecule has 0 bridgehead atoms. The van der Waals surface area contributed by atoms with Gasteiger partial charge in [-0.15, -0.1) is 0 Å². The van der Waals surface area contributed by atoms with Gasteiger partial charge in [-0.05, 0) is 31.9 Å². The van der Waals surface area contributed by atoms with E-state index in [4.69, 9.17) is 4.42 Å². The van der Waals surface area contributed by atoms with Crippen molar-refractivity contribution in [2.75, 3.05) is 23.3 Å². The second kappa shape index (κ2) is 6.61. The quantitative estimate of drug-likeness (QED) is 0.934. The minimum absolute atomic E-state index is 0.642. The van der Waals surface area contributed by atoms with Crippen molar-refractivity contribution >= 4 is 11.6 Å². The summed E-state index contributed by atoms with van der Waals surface area (Å²) in [7, 11) is 0. The monoisotopic (exact) mass is 286 g/mol. The summed E-state index contributed by atoms with van der Waals surface area (Å²) in [4.78, 5) is 11.4. The van der Waals surface area contributed by atoms with Gasteiger partial charge in [-0.1, -0.05) is 12.8 Å². The number of nitrogens with one attached hydrogen (secondary N) is 1. The summed E-state index contributed by atoms with van der Waals surface area (Å²) >= 11 is 0. The fourth-order valence-electron chi connectivity index (χ4n) is 2.70. The van der Waals surface area contributed by atoms with E-state index in [2.05, 4.69) is 20.2 Å². The van der Waals surface area contributed by atoms with E-state index in [0.717, 1.165) is 36.3 Å². The first kappa shape index (κ1) is 13.9. The van der Waals surface area contributed by atoms with Gasteiger partial charge in [-0.3, -0.25) is 0 Å². The third-order valence-electron chi connectivity index (χ3n) is 3.78. The molecule has 0 aliphatic carbocycles. The van der Waals surface area contributed by atoms with Crippen LogP contribution in [0.1, 0.15) is 37.3 Å². The van der Waals surface area contributed by atoms with Crippen LogP contribution < -0.4 is 10.2 Å². The molecule has 0 unspecified atom stereocenters. The van der Waals surface area contributed by atoms with Gasteiger partial charge in [-0.2, -0.15) is 0 Å². The van der Waals surface area contributed by atoms with Crippen LogP contribution in [-0.2, 0) is 6.54 Å². The van der Waals surface area contributed by atoms with Crippen LogP contribution in [0.2, 0.25) is 0 Å². The average Bonchev–Trinajstić information content (AvgIpc) is 2.85. The predicted octanol–water partition coefficient (Wildman–Crippen LogP) is 3.37. The molecule has 0 aromatic carbocycles. The second-order valence-corrected chi connectivity index (χ2v) is 5.49. The number of hydrogen-bond donors (Lipinski definition) is 1. The van der Waals surface area contributed by atoms with E-state index in [9.17, 15) is 0 Å². The third kappa shape index (κ3) is 3.74. The maximum Gasteiger partial charge on any atom is 0.134 e. The summed E-state index contributed by atoms with van der Waals surface area (Å²) in [5.41, 5.74) is 0. The second-order valence-electron chi connectivity index (χ2n) is 5.49. The lowest BCUT2D eigenvalue weighted by Crippen LogP contribution is -2.25. The highest BCUT2D eigenvalue weighted by molar-refractivity contribution is 5.49. The van der Waals surface area contributed by atoms with E-state index in [-0.39, 0.29) is 0 Å². The molecule has 1 fully saturated rings. The number of furan rings is 1. The highest BCUT2D eigenvalue weighted by atomic mass is 16.3. The normalized spacial score (nSPS) is 15.8. The number of aromatic nitrogens is 2. The molecular formula is C16H22N4O. The highest BCUT2D eigenvalue weighted by Crippen LogP contribution is 2.20. The van der Waals surface area contributed by atoms with Crippen molar-refractivity contribution in [1.29, 1.82) is 0 Å². The standard InChI is InChI=1S/C16H22N4O/c1-13-18-15(17-12-14-7-6-10-21-14)11-16(19-13)20-8-4-2-3-5-9-20/h6-7,10-11H,2-5,8-9,12H2,1H3,(H,17,18,19). The van der Waals surface area contributed by atoms with Crippen LogP contribution in [-0.4, -0.2) is 23.1 Å². The minimum Gasteiger partial charge on any atom is -0.467 e. The summed E-state index contributed by atoms with van der Waals surface area (Å²) < 4.78 is 5.33. The maximum absolute atomic E-state index is 5.33. The van der Waals surface area contributed by atoms with Gasteiger partial charge < -0.3 is 14.6 Å². The molecule has 1 N–H and O–H groups in total. The van der Waals surface area contributed by atoms with Crippen LogP contribution in [0.5, 0.6) is 0 Å². The Morgan fingerprint density at radius 2 is 2.00 bits per heavy atom. The Kier molecular flexibility index (Phi) is 4.38. The molecule has 112 valence electrons. The molecule has 0 atom stereocenters. The molecular weight excluding hydrogens is 264 g/mol. The number of aryl methyl sites for hydroxylation is 1. The maximum atomic E-state index is 5.33. The molecule has 0 radical (unpaired) electrons. The van der Waals surface area contributed by atoms with Gasteiger partial charge >= 0.3 is 0 Å². The molecule has 1 aliphatic rings. The van der Waals surface area contributed by atoms with Crippen molar-refractivity contribution in [3.05, 3.63) is 36.0 Å². The molecule has 1 saturated heterocycles. The minimum atomic E-state index is 0.642. The molecule has 3 heterocycles. The summed E-state index contributed by atoms with van der Waals surface area (Å²) in [6, 6.07) is 5.89. The third-order valence-corrected chi connectivity index (χ3v) is 3.78. The zero-order valence-corrected chi connectivity index (χ0v) is 12.5. The lowest BCUT2D eigenvalue weighted by atomic mass is 10.2. The molecule has 0 amide bonds. The Hall–Kier alpha value is -2.04. The van der Waals surface area contributed by atoms with Crippen LogP contribution in [0.4, 0.5) is 11.6 Å². The molecule has 0 saturated carbocycles. The predicted molar refractivity (Wildman–Crippen MR) is 83.5 cm³/mol. The van der Waals surface area contributed by atoms with Crippen LogP contribution in [0.25, 0.3) is 0 Å². The zero-order valence-electron chi connectivity index (χ0n) is 12.5. The summed E-state index contributed by atoms with van der Waals surface area (Å²) in [5, 5.41) is 3.31. The van der Waals surface area contributed by atoms with E-state index < -0.39 is 0 Å². The first-order valence-electron chi connectivity index (χ1n) is 7.68. The molecule has 0 spiro atoms. The first-order chi connectivity index (χ1) is 10.3. The average molecular weight is 286 g/mol. The summed E-state index contributed by atoms with van der Waals surface area (Å²) in [6.45, 7) is 4.77. The van der Waals surface area contributed by atoms with Crippen molar-refractivity contribution < 1.29 is 4.42 Å². The number of anilines is 2. The van der Waals surface area contributed by atoms with Crippen LogP contribution >= 0.6 is 0 Å². The van der Waals surface area contributed by atoms with E-state index in [0.29, 0.717) is 6.54 Å². The zero-order chi connectivity index (χ0) is 14.5. The smallest absolute Gasteiger partial charge is 0.134 e. The largest absolute Gasteiger partial charge is 0.467 e. The fraction of sp³-hybridized carbons (Fsp3) is 0.500. The van der Waals surface area contributed by atoms with Gasteiger partial charge in [-0.25, -0.2) is 9.97 Å². The van der Waals surface area contributed by atoms with Gasteiger partial charge in [0, 0.05) is 19.2 Å². The lowest BCUT2D eigenvalue weighted by Gasteiger charge is -2.22. The van der Waals surface area contributed by atoms with Gasteiger partial charge in [0.05, 0.1) is 12.8 Å².